The van der Waals surface area contributed by atoms with Gasteiger partial charge in [-0.1, -0.05) is 109 Å². The highest BCUT2D eigenvalue weighted by Crippen LogP contribution is 2.47. The molecule has 0 spiro atoms. The molecule has 9 aromatic rings. The van der Waals surface area contributed by atoms with Gasteiger partial charge in [-0.25, -0.2) is 0 Å². The minimum Gasteiger partial charge on any atom is -0.353 e. The van der Waals surface area contributed by atoms with Gasteiger partial charge >= 0.3 is 0 Å². The zero-order valence-electron chi connectivity index (χ0n) is 22.8. The Balaban J connectivity index is 1.39. The van der Waals surface area contributed by atoms with E-state index in [9.17, 15) is 0 Å². The summed E-state index contributed by atoms with van der Waals surface area (Å²) in [6.45, 7) is 0. The third-order valence-corrected chi connectivity index (χ3v) is 9.77. The fourth-order valence-electron chi connectivity index (χ4n) is 6.50. The molecule has 0 saturated heterocycles. The van der Waals surface area contributed by atoms with Crippen LogP contribution in [0.25, 0.3) is 86.1 Å². The van der Waals surface area contributed by atoms with E-state index in [0.29, 0.717) is 0 Å². The van der Waals surface area contributed by atoms with Crippen molar-refractivity contribution in [2.75, 3.05) is 0 Å². The number of hydrogen-bond donors (Lipinski definition) is 1. The quantitative estimate of drug-likeness (QED) is 0.225. The summed E-state index contributed by atoms with van der Waals surface area (Å²) in [5.41, 5.74) is 9.88. The van der Waals surface area contributed by atoms with Crippen molar-refractivity contribution in [3.05, 3.63) is 146 Å². The normalized spacial score (nSPS) is 11.8. The molecule has 0 bridgehead atoms. The van der Waals surface area contributed by atoms with Gasteiger partial charge in [0.2, 0.25) is 0 Å². The molecule has 0 saturated carbocycles. The molecule has 7 aromatic carbocycles. The van der Waals surface area contributed by atoms with Crippen LogP contribution in [0.1, 0.15) is 0 Å². The van der Waals surface area contributed by atoms with Crippen LogP contribution in [0, 0.1) is 0 Å². The molecule has 1 N–H and O–H groups in total. The number of rotatable bonds is 3. The average molecular weight is 552 g/mol. The van der Waals surface area contributed by atoms with E-state index in [2.05, 4.69) is 151 Å². The predicted molar refractivity (Wildman–Crippen MR) is 183 cm³/mol. The highest BCUT2D eigenvalue weighted by Gasteiger charge is 2.19. The number of thiophene rings is 1. The lowest BCUT2D eigenvalue weighted by Crippen LogP contribution is -1.83. The van der Waals surface area contributed by atoms with Crippen LogP contribution in [0.15, 0.2) is 146 Å². The van der Waals surface area contributed by atoms with E-state index in [1.165, 1.54) is 86.1 Å². The molecule has 2 heterocycles. The van der Waals surface area contributed by atoms with E-state index in [-0.39, 0.29) is 0 Å². The molecule has 0 radical (unpaired) electrons. The van der Waals surface area contributed by atoms with Gasteiger partial charge in [-0.3, -0.25) is 0 Å². The minimum atomic E-state index is 1.17. The molecule has 196 valence electrons. The highest BCUT2D eigenvalue weighted by atomic mass is 32.1. The van der Waals surface area contributed by atoms with Crippen LogP contribution in [-0.4, -0.2) is 4.98 Å². The first kappa shape index (κ1) is 23.5. The van der Waals surface area contributed by atoms with Crippen LogP contribution in [-0.2, 0) is 0 Å². The maximum absolute atomic E-state index is 3.83. The third kappa shape index (κ3) is 3.62. The Kier molecular flexibility index (Phi) is 5.13. The number of hydrogen-bond acceptors (Lipinski definition) is 1. The molecule has 0 atom stereocenters. The van der Waals surface area contributed by atoms with Crippen molar-refractivity contribution in [3.8, 4) is 33.4 Å². The van der Waals surface area contributed by atoms with Gasteiger partial charge in [0.25, 0.3) is 0 Å². The van der Waals surface area contributed by atoms with Crippen LogP contribution < -0.4 is 0 Å². The van der Waals surface area contributed by atoms with Crippen molar-refractivity contribution in [2.45, 2.75) is 0 Å². The largest absolute Gasteiger partial charge is 0.353 e. The van der Waals surface area contributed by atoms with Gasteiger partial charge in [0.15, 0.2) is 0 Å². The molecule has 9 rings (SSSR count). The molecule has 1 nitrogen and oxygen atoms in total. The third-order valence-electron chi connectivity index (χ3n) is 8.59. The number of nitrogens with one attached hydrogen (secondary N) is 1. The van der Waals surface area contributed by atoms with Crippen LogP contribution in [0.4, 0.5) is 0 Å². The van der Waals surface area contributed by atoms with Crippen LogP contribution in [0.3, 0.4) is 0 Å². The van der Waals surface area contributed by atoms with Crippen molar-refractivity contribution in [3.63, 3.8) is 0 Å². The molecule has 0 aliphatic carbocycles. The number of benzene rings is 7. The topological polar surface area (TPSA) is 15.8 Å². The molecule has 42 heavy (non-hydrogen) atoms. The van der Waals surface area contributed by atoms with E-state index < -0.39 is 0 Å². The van der Waals surface area contributed by atoms with Gasteiger partial charge in [-0.2, -0.15) is 0 Å². The summed E-state index contributed by atoms with van der Waals surface area (Å²) >= 11 is 1.89. The summed E-state index contributed by atoms with van der Waals surface area (Å²) in [7, 11) is 0. The zero-order chi connectivity index (χ0) is 27.6. The summed E-state index contributed by atoms with van der Waals surface area (Å²) in [6.07, 6.45) is 0. The van der Waals surface area contributed by atoms with Crippen molar-refractivity contribution in [2.24, 2.45) is 0 Å². The Hall–Kier alpha value is -5.18. The Morgan fingerprint density at radius 1 is 0.429 bits per heavy atom. The summed E-state index contributed by atoms with van der Waals surface area (Å²) in [6, 6.07) is 53.1. The highest BCUT2D eigenvalue weighted by molar-refractivity contribution is 7.26. The molecule has 2 aromatic heterocycles. The number of fused-ring (bicyclic) bond motifs is 8. The van der Waals surface area contributed by atoms with Gasteiger partial charge in [0.1, 0.15) is 0 Å². The Morgan fingerprint density at radius 2 is 1.07 bits per heavy atom. The van der Waals surface area contributed by atoms with Crippen molar-refractivity contribution < 1.29 is 0 Å². The summed E-state index contributed by atoms with van der Waals surface area (Å²) < 4.78 is 2.62. The second-order valence-corrected chi connectivity index (χ2v) is 12.1. The number of aromatic amines is 1. The first-order valence-electron chi connectivity index (χ1n) is 14.3. The molecular weight excluding hydrogens is 527 g/mol. The van der Waals surface area contributed by atoms with Crippen LogP contribution in [0.2, 0.25) is 0 Å². The molecule has 2 heteroatoms. The summed E-state index contributed by atoms with van der Waals surface area (Å²) in [5.74, 6) is 0. The minimum absolute atomic E-state index is 1.17. The zero-order valence-corrected chi connectivity index (χ0v) is 23.6. The maximum Gasteiger partial charge on any atom is 0.0646 e. The average Bonchev–Trinajstić information content (AvgIpc) is 3.63. The summed E-state index contributed by atoms with van der Waals surface area (Å²) in [5, 5.41) is 7.69. The fraction of sp³-hybridized carbons (Fsp3) is 0. The van der Waals surface area contributed by atoms with Gasteiger partial charge < -0.3 is 4.98 Å². The van der Waals surface area contributed by atoms with E-state index >= 15 is 0 Å². The molecule has 0 aliphatic rings. The SMILES string of the molecule is c1ccc(-c2ccc3[nH]c4c(cc(-c5ccc6ccccc6c5)c5c6cc(-c7ccccc7)ccc6sc45)c3c2)cc1. The number of H-pyrrole nitrogens is 1. The fourth-order valence-corrected chi connectivity index (χ4v) is 7.72. The first-order valence-corrected chi connectivity index (χ1v) is 15.2. The lowest BCUT2D eigenvalue weighted by Gasteiger charge is -2.09. The maximum atomic E-state index is 3.83. The monoisotopic (exact) mass is 551 g/mol. The van der Waals surface area contributed by atoms with E-state index in [1.54, 1.807) is 0 Å². The Morgan fingerprint density at radius 3 is 1.83 bits per heavy atom. The van der Waals surface area contributed by atoms with E-state index in [1.807, 2.05) is 11.3 Å². The van der Waals surface area contributed by atoms with Gasteiger partial charge in [-0.15, -0.1) is 11.3 Å². The molecular formula is C40H25NS. The second-order valence-electron chi connectivity index (χ2n) is 11.0. The Labute approximate surface area is 247 Å². The first-order chi connectivity index (χ1) is 20.8. The summed E-state index contributed by atoms with van der Waals surface area (Å²) in [4.78, 5) is 3.83. The van der Waals surface area contributed by atoms with Crippen molar-refractivity contribution in [1.82, 2.24) is 4.98 Å². The number of aromatic nitrogens is 1. The van der Waals surface area contributed by atoms with Gasteiger partial charge in [0.05, 0.1) is 10.2 Å². The van der Waals surface area contributed by atoms with Crippen molar-refractivity contribution in [1.29, 1.82) is 0 Å². The van der Waals surface area contributed by atoms with E-state index in [4.69, 9.17) is 0 Å². The smallest absolute Gasteiger partial charge is 0.0646 e. The van der Waals surface area contributed by atoms with Gasteiger partial charge in [-0.05, 0) is 80.6 Å². The lowest BCUT2D eigenvalue weighted by molar-refractivity contribution is 1.56. The molecule has 0 fully saturated rings. The standard InChI is InChI=1S/C40H25NS/c1-3-9-25(10-4-1)29-17-19-36-33(22-29)34-24-32(31-16-15-27-13-7-8-14-28(27)21-31)38-35-23-30(26-11-5-2-6-12-26)18-20-37(35)42-40(38)39(34)41-36/h1-24,41H. The van der Waals surface area contributed by atoms with E-state index in [0.717, 1.165) is 0 Å². The van der Waals surface area contributed by atoms with Crippen LogP contribution >= 0.6 is 11.3 Å². The molecule has 0 amide bonds. The van der Waals surface area contributed by atoms with Gasteiger partial charge in [0, 0.05) is 31.8 Å². The van der Waals surface area contributed by atoms with Crippen LogP contribution in [0.5, 0.6) is 0 Å². The predicted octanol–water partition coefficient (Wildman–Crippen LogP) is 11.8. The lowest BCUT2D eigenvalue weighted by atomic mass is 9.94. The molecule has 0 aliphatic heterocycles. The second kappa shape index (κ2) is 9.17. The van der Waals surface area contributed by atoms with Crippen molar-refractivity contribution >= 4 is 64.1 Å². The molecule has 0 unspecified atom stereocenters. The Bertz CT molecular complexity index is 2450.